The first-order valence-corrected chi connectivity index (χ1v) is 5.52. The Morgan fingerprint density at radius 1 is 1.22 bits per heavy atom. The Morgan fingerprint density at radius 2 is 2.00 bits per heavy atom. The first-order chi connectivity index (χ1) is 8.60. The number of anilines is 2. The number of rotatable bonds is 3. The summed E-state index contributed by atoms with van der Waals surface area (Å²) in [5.41, 5.74) is 2.22. The number of benzene rings is 1. The lowest BCUT2D eigenvalue weighted by atomic mass is 10.2. The molecular formula is C13H14FN3O. The maximum atomic E-state index is 13.2. The van der Waals surface area contributed by atoms with Crippen LogP contribution in [-0.4, -0.2) is 17.1 Å². The second-order valence-corrected chi connectivity index (χ2v) is 3.91. The van der Waals surface area contributed by atoms with E-state index in [2.05, 4.69) is 15.3 Å². The third kappa shape index (κ3) is 2.56. The van der Waals surface area contributed by atoms with E-state index in [-0.39, 0.29) is 0 Å². The highest BCUT2D eigenvalue weighted by Crippen LogP contribution is 2.23. The van der Waals surface area contributed by atoms with Crippen molar-refractivity contribution in [2.24, 2.45) is 0 Å². The zero-order valence-electron chi connectivity index (χ0n) is 10.5. The molecule has 1 N–H and O–H groups in total. The second-order valence-electron chi connectivity index (χ2n) is 3.91. The number of hydrogen-bond acceptors (Lipinski definition) is 4. The van der Waals surface area contributed by atoms with Crippen LogP contribution in [0.2, 0.25) is 0 Å². The molecule has 2 rings (SSSR count). The fourth-order valence-electron chi connectivity index (χ4n) is 1.55. The molecular weight excluding hydrogens is 233 g/mol. The molecule has 0 saturated carbocycles. The van der Waals surface area contributed by atoms with Gasteiger partial charge in [0.15, 0.2) is 0 Å². The summed E-state index contributed by atoms with van der Waals surface area (Å²) in [4.78, 5) is 7.42. The highest BCUT2D eigenvalue weighted by molar-refractivity contribution is 5.61. The molecule has 18 heavy (non-hydrogen) atoms. The van der Waals surface area contributed by atoms with Crippen LogP contribution in [0.1, 0.15) is 11.3 Å². The van der Waals surface area contributed by atoms with E-state index in [1.165, 1.54) is 0 Å². The van der Waals surface area contributed by atoms with Gasteiger partial charge < -0.3 is 10.1 Å². The van der Waals surface area contributed by atoms with Gasteiger partial charge in [0, 0.05) is 23.0 Å². The normalized spacial score (nSPS) is 10.2. The van der Waals surface area contributed by atoms with Crippen LogP contribution in [0.3, 0.4) is 0 Å². The van der Waals surface area contributed by atoms with Crippen molar-refractivity contribution in [3.05, 3.63) is 41.6 Å². The molecule has 0 aliphatic rings. The topological polar surface area (TPSA) is 47.0 Å². The molecule has 0 bridgehead atoms. The summed E-state index contributed by atoms with van der Waals surface area (Å²) < 4.78 is 18.3. The lowest BCUT2D eigenvalue weighted by molar-refractivity contribution is 0.415. The maximum Gasteiger partial charge on any atom is 0.310 e. The van der Waals surface area contributed by atoms with E-state index in [0.717, 1.165) is 17.0 Å². The highest BCUT2D eigenvalue weighted by Gasteiger charge is 2.08. The van der Waals surface area contributed by atoms with Crippen LogP contribution in [0.4, 0.5) is 15.9 Å². The molecule has 0 amide bonds. The number of methoxy groups -OCH3 is 1. The van der Waals surface area contributed by atoms with Crippen molar-refractivity contribution >= 4 is 11.5 Å². The summed E-state index contributed by atoms with van der Waals surface area (Å²) in [5.74, 6) is 1.19. The largest absolute Gasteiger partial charge is 0.497 e. The van der Waals surface area contributed by atoms with Gasteiger partial charge in [-0.2, -0.15) is 9.37 Å². The van der Waals surface area contributed by atoms with Crippen molar-refractivity contribution in [1.82, 2.24) is 9.97 Å². The van der Waals surface area contributed by atoms with Gasteiger partial charge in [-0.3, -0.25) is 0 Å². The minimum absolute atomic E-state index is 0.466. The average Bonchev–Trinajstić information content (AvgIpc) is 2.35. The van der Waals surface area contributed by atoms with Gasteiger partial charge in [-0.05, 0) is 26.0 Å². The number of aromatic nitrogens is 2. The molecule has 1 heterocycles. The average molecular weight is 247 g/mol. The fourth-order valence-corrected chi connectivity index (χ4v) is 1.55. The van der Waals surface area contributed by atoms with Gasteiger partial charge in [0.05, 0.1) is 7.11 Å². The smallest absolute Gasteiger partial charge is 0.310 e. The van der Waals surface area contributed by atoms with Crippen molar-refractivity contribution in [3.63, 3.8) is 0 Å². The molecule has 0 fully saturated rings. The van der Waals surface area contributed by atoms with Crippen LogP contribution < -0.4 is 10.1 Å². The summed E-state index contributed by atoms with van der Waals surface area (Å²) in [7, 11) is 1.60. The van der Waals surface area contributed by atoms with Crippen LogP contribution in [0, 0.1) is 19.9 Å². The maximum absolute atomic E-state index is 13.2. The molecule has 0 spiro atoms. The zero-order valence-corrected chi connectivity index (χ0v) is 10.5. The second kappa shape index (κ2) is 5.00. The zero-order chi connectivity index (χ0) is 13.1. The number of hydrogen-bond donors (Lipinski definition) is 1. The van der Waals surface area contributed by atoms with E-state index >= 15 is 0 Å². The molecule has 1 aromatic carbocycles. The Kier molecular flexibility index (Phi) is 3.41. The van der Waals surface area contributed by atoms with Crippen molar-refractivity contribution in [3.8, 4) is 5.75 Å². The summed E-state index contributed by atoms with van der Waals surface area (Å²) in [6.45, 7) is 3.59. The summed E-state index contributed by atoms with van der Waals surface area (Å²) in [6, 6.07) is 7.36. The third-order valence-corrected chi connectivity index (χ3v) is 2.69. The van der Waals surface area contributed by atoms with Gasteiger partial charge >= 0.3 is 6.08 Å². The van der Waals surface area contributed by atoms with Crippen molar-refractivity contribution in [2.45, 2.75) is 13.8 Å². The molecule has 2 aromatic rings. The van der Waals surface area contributed by atoms with E-state index in [0.29, 0.717) is 11.5 Å². The predicted molar refractivity (Wildman–Crippen MR) is 67.7 cm³/mol. The fraction of sp³-hybridized carbons (Fsp3) is 0.231. The molecule has 0 radical (unpaired) electrons. The Hall–Kier alpha value is -2.17. The van der Waals surface area contributed by atoms with Crippen LogP contribution in [-0.2, 0) is 0 Å². The number of halogens is 1. The van der Waals surface area contributed by atoms with Crippen molar-refractivity contribution in [1.29, 1.82) is 0 Å². The summed E-state index contributed by atoms with van der Waals surface area (Å²) >= 11 is 0. The van der Waals surface area contributed by atoms with E-state index in [1.54, 1.807) is 14.0 Å². The Labute approximate surface area is 105 Å². The van der Waals surface area contributed by atoms with Gasteiger partial charge in [-0.15, -0.1) is 0 Å². The number of aryl methyl sites for hydroxylation is 1. The molecule has 0 saturated heterocycles. The van der Waals surface area contributed by atoms with E-state index in [4.69, 9.17) is 4.74 Å². The molecule has 0 unspecified atom stereocenters. The molecule has 1 aromatic heterocycles. The first-order valence-electron chi connectivity index (χ1n) is 5.52. The monoisotopic (exact) mass is 247 g/mol. The number of ether oxygens (including phenoxy) is 1. The van der Waals surface area contributed by atoms with Crippen molar-refractivity contribution < 1.29 is 9.13 Å². The van der Waals surface area contributed by atoms with Crippen LogP contribution >= 0.6 is 0 Å². The molecule has 4 nitrogen and oxygen atoms in total. The van der Waals surface area contributed by atoms with Crippen LogP contribution in [0.15, 0.2) is 24.3 Å². The van der Waals surface area contributed by atoms with Gasteiger partial charge in [0.1, 0.15) is 11.6 Å². The predicted octanol–water partition coefficient (Wildman–Crippen LogP) is 2.98. The molecule has 0 aliphatic carbocycles. The Morgan fingerprint density at radius 3 is 2.72 bits per heavy atom. The third-order valence-electron chi connectivity index (χ3n) is 2.69. The Balaban J connectivity index is 2.33. The lowest BCUT2D eigenvalue weighted by Gasteiger charge is -2.10. The number of nitrogens with one attached hydrogen (secondary N) is 1. The number of nitrogens with zero attached hydrogens (tertiary/aromatic N) is 2. The standard InChI is InChI=1S/C13H14FN3O/c1-8-9(2)15-13(14)17-12(8)16-10-5-4-6-11(7-10)18-3/h4-7H,1-3H3,(H,15,16,17). The van der Waals surface area contributed by atoms with Crippen LogP contribution in [0.5, 0.6) is 5.75 Å². The highest BCUT2D eigenvalue weighted by atomic mass is 19.1. The van der Waals surface area contributed by atoms with Gasteiger partial charge in [0.25, 0.3) is 0 Å². The Bertz CT molecular complexity index is 572. The van der Waals surface area contributed by atoms with E-state index in [1.807, 2.05) is 31.2 Å². The summed E-state index contributed by atoms with van der Waals surface area (Å²) in [6.07, 6.45) is -0.733. The molecule has 0 aliphatic heterocycles. The van der Waals surface area contributed by atoms with Crippen LogP contribution in [0.25, 0.3) is 0 Å². The first kappa shape index (κ1) is 12.3. The van der Waals surface area contributed by atoms with E-state index < -0.39 is 6.08 Å². The molecule has 94 valence electrons. The minimum Gasteiger partial charge on any atom is -0.497 e. The van der Waals surface area contributed by atoms with Gasteiger partial charge in [-0.1, -0.05) is 6.07 Å². The minimum atomic E-state index is -0.733. The van der Waals surface area contributed by atoms with E-state index in [9.17, 15) is 4.39 Å². The quantitative estimate of drug-likeness (QED) is 0.847. The summed E-state index contributed by atoms with van der Waals surface area (Å²) in [5, 5.41) is 3.06. The SMILES string of the molecule is COc1cccc(Nc2nc(F)nc(C)c2C)c1. The lowest BCUT2D eigenvalue weighted by Crippen LogP contribution is -2.03. The van der Waals surface area contributed by atoms with Gasteiger partial charge in [0.2, 0.25) is 0 Å². The van der Waals surface area contributed by atoms with Gasteiger partial charge in [-0.25, -0.2) is 4.98 Å². The molecule has 0 atom stereocenters. The molecule has 5 heteroatoms. The van der Waals surface area contributed by atoms with Crippen molar-refractivity contribution in [2.75, 3.05) is 12.4 Å².